The van der Waals surface area contributed by atoms with Crippen molar-refractivity contribution in [3.8, 4) is 0 Å². The van der Waals surface area contributed by atoms with Crippen LogP contribution in [0.15, 0.2) is 48.5 Å². The van der Waals surface area contributed by atoms with Gasteiger partial charge in [0.25, 0.3) is 0 Å². The van der Waals surface area contributed by atoms with E-state index in [1.807, 2.05) is 29.2 Å². The lowest BCUT2D eigenvalue weighted by atomic mass is 10.1. The van der Waals surface area contributed by atoms with E-state index in [0.717, 1.165) is 36.9 Å². The molecule has 0 unspecified atom stereocenters. The molecular formula is C23H26N4O3. The lowest BCUT2D eigenvalue weighted by molar-refractivity contribution is -0.128. The molecule has 0 radical (unpaired) electrons. The van der Waals surface area contributed by atoms with Crippen LogP contribution in [0, 0.1) is 5.92 Å². The molecule has 1 saturated carbocycles. The Morgan fingerprint density at radius 3 is 2.43 bits per heavy atom. The summed E-state index contributed by atoms with van der Waals surface area (Å²) < 4.78 is 0. The third-order valence-electron chi connectivity index (χ3n) is 5.33. The summed E-state index contributed by atoms with van der Waals surface area (Å²) >= 11 is 0. The first-order valence-corrected chi connectivity index (χ1v) is 10.4. The van der Waals surface area contributed by atoms with Gasteiger partial charge in [0.05, 0.1) is 0 Å². The monoisotopic (exact) mass is 406 g/mol. The first-order chi connectivity index (χ1) is 14.6. The Balaban J connectivity index is 1.28. The molecule has 0 bridgehead atoms. The van der Waals surface area contributed by atoms with Gasteiger partial charge in [0, 0.05) is 43.3 Å². The molecule has 7 heteroatoms. The zero-order chi connectivity index (χ0) is 20.9. The second-order valence-corrected chi connectivity index (χ2v) is 7.89. The van der Waals surface area contributed by atoms with Gasteiger partial charge in [-0.1, -0.05) is 30.3 Å². The highest BCUT2D eigenvalue weighted by Gasteiger charge is 2.29. The molecule has 4 rings (SSSR count). The number of carbonyl (C=O) groups excluding carboxylic acids is 3. The summed E-state index contributed by atoms with van der Waals surface area (Å²) in [7, 11) is 0. The number of benzene rings is 2. The van der Waals surface area contributed by atoms with E-state index in [9.17, 15) is 14.4 Å². The number of anilines is 2. The number of nitrogens with one attached hydrogen (secondary N) is 3. The van der Waals surface area contributed by atoms with Crippen LogP contribution < -0.4 is 16.0 Å². The molecule has 3 N–H and O–H groups in total. The lowest BCUT2D eigenvalue weighted by Gasteiger charge is -2.16. The molecule has 1 heterocycles. The topological polar surface area (TPSA) is 90.5 Å². The first-order valence-electron chi connectivity index (χ1n) is 10.4. The number of hydrogen-bond acceptors (Lipinski definition) is 3. The van der Waals surface area contributed by atoms with Crippen molar-refractivity contribution in [3.63, 3.8) is 0 Å². The highest BCUT2D eigenvalue weighted by atomic mass is 16.2. The van der Waals surface area contributed by atoms with E-state index in [0.29, 0.717) is 30.9 Å². The van der Waals surface area contributed by atoms with Crippen molar-refractivity contribution in [1.82, 2.24) is 10.2 Å². The lowest BCUT2D eigenvalue weighted by Crippen LogP contribution is -2.28. The molecule has 2 fully saturated rings. The summed E-state index contributed by atoms with van der Waals surface area (Å²) in [5.41, 5.74) is 3.32. The minimum Gasteiger partial charge on any atom is -0.338 e. The normalized spacial score (nSPS) is 15.7. The Morgan fingerprint density at radius 1 is 0.967 bits per heavy atom. The van der Waals surface area contributed by atoms with Crippen molar-refractivity contribution < 1.29 is 14.4 Å². The van der Waals surface area contributed by atoms with Crippen LogP contribution in [-0.2, 0) is 22.7 Å². The molecule has 2 aliphatic rings. The predicted molar refractivity (Wildman–Crippen MR) is 115 cm³/mol. The summed E-state index contributed by atoms with van der Waals surface area (Å²) in [6, 6.07) is 14.7. The van der Waals surface area contributed by atoms with Gasteiger partial charge in [-0.25, -0.2) is 4.79 Å². The summed E-state index contributed by atoms with van der Waals surface area (Å²) in [4.78, 5) is 37.8. The standard InChI is InChI=1S/C23H26N4O3/c28-21-8-3-11-27(21)15-17-5-1-4-16(12-17)14-24-23(30)26-20-7-2-6-19(13-20)25-22(29)18-9-10-18/h1-2,4-7,12-13,18H,3,8-11,14-15H2,(H,25,29)(H2,24,26,30). The van der Waals surface area contributed by atoms with Crippen LogP contribution in [0.3, 0.4) is 0 Å². The van der Waals surface area contributed by atoms with Gasteiger partial charge in [-0.2, -0.15) is 0 Å². The molecule has 0 spiro atoms. The molecule has 7 nitrogen and oxygen atoms in total. The summed E-state index contributed by atoms with van der Waals surface area (Å²) in [5, 5.41) is 8.52. The fraction of sp³-hybridized carbons (Fsp3) is 0.348. The first kappa shape index (κ1) is 19.9. The predicted octanol–water partition coefficient (Wildman–Crippen LogP) is 3.48. The fourth-order valence-electron chi connectivity index (χ4n) is 3.55. The molecule has 1 saturated heterocycles. The molecule has 0 atom stereocenters. The number of amides is 4. The second-order valence-electron chi connectivity index (χ2n) is 7.89. The average Bonchev–Trinajstić information content (AvgIpc) is 3.51. The van der Waals surface area contributed by atoms with Gasteiger partial charge in [-0.15, -0.1) is 0 Å². The van der Waals surface area contributed by atoms with Gasteiger partial charge >= 0.3 is 6.03 Å². The van der Waals surface area contributed by atoms with Crippen LogP contribution in [-0.4, -0.2) is 29.3 Å². The number of carbonyl (C=O) groups is 3. The third-order valence-corrected chi connectivity index (χ3v) is 5.33. The van der Waals surface area contributed by atoms with Crippen molar-refractivity contribution in [1.29, 1.82) is 0 Å². The summed E-state index contributed by atoms with van der Waals surface area (Å²) in [6.45, 7) is 1.80. The fourth-order valence-corrected chi connectivity index (χ4v) is 3.55. The molecule has 4 amide bonds. The molecule has 156 valence electrons. The quantitative estimate of drug-likeness (QED) is 0.658. The maximum atomic E-state index is 12.3. The molecule has 0 aromatic heterocycles. The van der Waals surface area contributed by atoms with Crippen LogP contribution >= 0.6 is 0 Å². The summed E-state index contributed by atoms with van der Waals surface area (Å²) in [6.07, 6.45) is 3.45. The van der Waals surface area contributed by atoms with E-state index < -0.39 is 0 Å². The van der Waals surface area contributed by atoms with Gasteiger partial charge < -0.3 is 20.9 Å². The van der Waals surface area contributed by atoms with E-state index in [1.165, 1.54) is 0 Å². The molecular weight excluding hydrogens is 380 g/mol. The van der Waals surface area contributed by atoms with Crippen LogP contribution in [0.2, 0.25) is 0 Å². The SMILES string of the molecule is O=C(NCc1cccc(CN2CCCC2=O)c1)Nc1cccc(NC(=O)C2CC2)c1. The second kappa shape index (κ2) is 8.98. The number of urea groups is 1. The van der Waals surface area contributed by atoms with E-state index in [1.54, 1.807) is 24.3 Å². The minimum atomic E-state index is -0.319. The molecule has 2 aromatic carbocycles. The van der Waals surface area contributed by atoms with Crippen molar-refractivity contribution in [3.05, 3.63) is 59.7 Å². The van der Waals surface area contributed by atoms with Crippen LogP contribution in [0.25, 0.3) is 0 Å². The van der Waals surface area contributed by atoms with Gasteiger partial charge in [0.2, 0.25) is 11.8 Å². The molecule has 30 heavy (non-hydrogen) atoms. The highest BCUT2D eigenvalue weighted by Crippen LogP contribution is 2.30. The zero-order valence-corrected chi connectivity index (χ0v) is 16.8. The van der Waals surface area contributed by atoms with Crippen molar-refractivity contribution in [2.24, 2.45) is 5.92 Å². The van der Waals surface area contributed by atoms with Crippen molar-refractivity contribution >= 4 is 29.2 Å². The van der Waals surface area contributed by atoms with Gasteiger partial charge in [-0.3, -0.25) is 9.59 Å². The maximum Gasteiger partial charge on any atom is 0.319 e. The van der Waals surface area contributed by atoms with Crippen molar-refractivity contribution in [2.45, 2.75) is 38.8 Å². The van der Waals surface area contributed by atoms with E-state index in [4.69, 9.17) is 0 Å². The summed E-state index contributed by atoms with van der Waals surface area (Å²) in [5.74, 6) is 0.366. The van der Waals surface area contributed by atoms with Gasteiger partial charge in [0.1, 0.15) is 0 Å². The smallest absolute Gasteiger partial charge is 0.319 e. The van der Waals surface area contributed by atoms with Crippen LogP contribution in [0.1, 0.15) is 36.8 Å². The van der Waals surface area contributed by atoms with E-state index in [-0.39, 0.29) is 23.8 Å². The third kappa shape index (κ3) is 5.37. The van der Waals surface area contributed by atoms with Crippen LogP contribution in [0.4, 0.5) is 16.2 Å². The average molecular weight is 406 g/mol. The number of likely N-dealkylation sites (tertiary alicyclic amines) is 1. The maximum absolute atomic E-state index is 12.3. The van der Waals surface area contributed by atoms with Crippen LogP contribution in [0.5, 0.6) is 0 Å². The highest BCUT2D eigenvalue weighted by molar-refractivity contribution is 5.95. The van der Waals surface area contributed by atoms with Gasteiger partial charge in [0.15, 0.2) is 0 Å². The Kier molecular flexibility index (Phi) is 5.97. The van der Waals surface area contributed by atoms with E-state index in [2.05, 4.69) is 16.0 Å². The Morgan fingerprint density at radius 2 is 1.70 bits per heavy atom. The van der Waals surface area contributed by atoms with E-state index >= 15 is 0 Å². The number of rotatable bonds is 7. The Hall–Kier alpha value is -3.35. The molecule has 2 aromatic rings. The number of hydrogen-bond donors (Lipinski definition) is 3. The Labute approximate surface area is 175 Å². The molecule has 1 aliphatic heterocycles. The largest absolute Gasteiger partial charge is 0.338 e. The Bertz CT molecular complexity index is 955. The zero-order valence-electron chi connectivity index (χ0n) is 16.8. The molecule has 1 aliphatic carbocycles. The number of nitrogens with zero attached hydrogens (tertiary/aromatic N) is 1. The van der Waals surface area contributed by atoms with Gasteiger partial charge in [-0.05, 0) is 48.6 Å². The van der Waals surface area contributed by atoms with Crippen molar-refractivity contribution in [2.75, 3.05) is 17.2 Å². The minimum absolute atomic E-state index is 0.0344.